The SMILES string of the molecule is CC(=O)N[C@@H]1[C@@H](OC(=O)CCl)[C@H](O)[C@@H](COCc2ccccc2)O[C@H]1O. The minimum absolute atomic E-state index is 0.0468. The summed E-state index contributed by atoms with van der Waals surface area (Å²) in [5.41, 5.74) is 0.930. The van der Waals surface area contributed by atoms with E-state index in [4.69, 9.17) is 25.8 Å². The molecule has 1 saturated heterocycles. The lowest BCUT2D eigenvalue weighted by atomic mass is 9.96. The number of aliphatic hydroxyl groups excluding tert-OH is 2. The molecule has 0 aromatic heterocycles. The van der Waals surface area contributed by atoms with Crippen LogP contribution in [0.5, 0.6) is 0 Å². The summed E-state index contributed by atoms with van der Waals surface area (Å²) in [5.74, 6) is -1.69. The predicted octanol–water partition coefficient (Wildman–Crippen LogP) is -0.0634. The lowest BCUT2D eigenvalue weighted by molar-refractivity contribution is -0.261. The van der Waals surface area contributed by atoms with Crippen LogP contribution in [0.1, 0.15) is 12.5 Å². The molecule has 144 valence electrons. The number of amides is 1. The quantitative estimate of drug-likeness (QED) is 0.443. The van der Waals surface area contributed by atoms with Crippen molar-refractivity contribution in [3.63, 3.8) is 0 Å². The highest BCUT2D eigenvalue weighted by Crippen LogP contribution is 2.23. The lowest BCUT2D eigenvalue weighted by Gasteiger charge is -2.42. The van der Waals surface area contributed by atoms with Crippen LogP contribution in [0.3, 0.4) is 0 Å². The molecule has 9 heteroatoms. The van der Waals surface area contributed by atoms with E-state index in [1.807, 2.05) is 30.3 Å². The maximum atomic E-state index is 11.5. The Labute approximate surface area is 156 Å². The molecule has 1 aliphatic heterocycles. The molecular formula is C17H22ClNO7. The molecule has 0 spiro atoms. The average molecular weight is 388 g/mol. The molecule has 1 amide bonds. The Morgan fingerprint density at radius 3 is 2.58 bits per heavy atom. The smallest absolute Gasteiger partial charge is 0.321 e. The van der Waals surface area contributed by atoms with Crippen molar-refractivity contribution in [2.75, 3.05) is 12.5 Å². The van der Waals surface area contributed by atoms with Crippen molar-refractivity contribution < 1.29 is 34.0 Å². The summed E-state index contributed by atoms with van der Waals surface area (Å²) in [6, 6.07) is 8.25. The zero-order valence-corrected chi connectivity index (χ0v) is 15.0. The van der Waals surface area contributed by atoms with Gasteiger partial charge in [-0.2, -0.15) is 0 Å². The standard InChI is InChI=1S/C17H22ClNO7/c1-10(20)19-14-16(26-13(21)7-18)15(22)12(25-17(14)23)9-24-8-11-5-3-2-4-6-11/h2-6,12,14-17,22-23H,7-9H2,1H3,(H,19,20)/t12-,14-,15-,16-,17-/m1/s1. The summed E-state index contributed by atoms with van der Waals surface area (Å²) in [7, 11) is 0. The van der Waals surface area contributed by atoms with Crippen LogP contribution in [-0.4, -0.2) is 65.2 Å². The van der Waals surface area contributed by atoms with Gasteiger partial charge in [-0.25, -0.2) is 0 Å². The van der Waals surface area contributed by atoms with Crippen LogP contribution in [0.15, 0.2) is 30.3 Å². The fraction of sp³-hybridized carbons (Fsp3) is 0.529. The van der Waals surface area contributed by atoms with Crippen LogP contribution in [0, 0.1) is 0 Å². The summed E-state index contributed by atoms with van der Waals surface area (Å²) in [6.07, 6.45) is -4.98. The van der Waals surface area contributed by atoms with Gasteiger partial charge in [0.1, 0.15) is 24.1 Å². The van der Waals surface area contributed by atoms with E-state index in [2.05, 4.69) is 5.32 Å². The number of aliphatic hydroxyl groups is 2. The van der Waals surface area contributed by atoms with Gasteiger partial charge in [0.15, 0.2) is 12.4 Å². The van der Waals surface area contributed by atoms with Crippen LogP contribution in [-0.2, 0) is 30.4 Å². The van der Waals surface area contributed by atoms with Crippen LogP contribution in [0.4, 0.5) is 0 Å². The van der Waals surface area contributed by atoms with E-state index < -0.39 is 48.4 Å². The first-order chi connectivity index (χ1) is 12.4. The van der Waals surface area contributed by atoms with E-state index in [0.717, 1.165) is 5.56 Å². The van der Waals surface area contributed by atoms with Crippen molar-refractivity contribution in [2.45, 2.75) is 44.2 Å². The highest BCUT2D eigenvalue weighted by atomic mass is 35.5. The Balaban J connectivity index is 2.01. The van der Waals surface area contributed by atoms with E-state index in [1.165, 1.54) is 6.92 Å². The van der Waals surface area contributed by atoms with E-state index in [1.54, 1.807) is 0 Å². The number of hydrogen-bond acceptors (Lipinski definition) is 7. The zero-order valence-electron chi connectivity index (χ0n) is 14.2. The van der Waals surface area contributed by atoms with Crippen molar-refractivity contribution in [3.8, 4) is 0 Å². The summed E-state index contributed by atoms with van der Waals surface area (Å²) < 4.78 is 16.0. The third kappa shape index (κ3) is 5.65. The Kier molecular flexibility index (Phi) is 7.80. The molecule has 2 rings (SSSR count). The minimum Gasteiger partial charge on any atom is -0.456 e. The highest BCUT2D eigenvalue weighted by molar-refractivity contribution is 6.26. The summed E-state index contributed by atoms with van der Waals surface area (Å²) in [4.78, 5) is 22.9. The molecule has 1 aromatic carbocycles. The summed E-state index contributed by atoms with van der Waals surface area (Å²) >= 11 is 5.43. The van der Waals surface area contributed by atoms with Gasteiger partial charge in [0, 0.05) is 6.92 Å². The maximum Gasteiger partial charge on any atom is 0.321 e. The van der Waals surface area contributed by atoms with Crippen molar-refractivity contribution in [1.29, 1.82) is 0 Å². The van der Waals surface area contributed by atoms with E-state index in [0.29, 0.717) is 0 Å². The van der Waals surface area contributed by atoms with E-state index in [-0.39, 0.29) is 13.2 Å². The highest BCUT2D eigenvalue weighted by Gasteiger charge is 2.47. The molecular weight excluding hydrogens is 366 g/mol. The number of esters is 1. The molecule has 26 heavy (non-hydrogen) atoms. The second kappa shape index (κ2) is 9.84. The lowest BCUT2D eigenvalue weighted by Crippen LogP contribution is -2.65. The first kappa shape index (κ1) is 20.6. The van der Waals surface area contributed by atoms with E-state index in [9.17, 15) is 19.8 Å². The Morgan fingerprint density at radius 1 is 1.27 bits per heavy atom. The number of rotatable bonds is 7. The van der Waals surface area contributed by atoms with Crippen molar-refractivity contribution >= 4 is 23.5 Å². The normalized spacial score (nSPS) is 28.4. The van der Waals surface area contributed by atoms with Crippen LogP contribution >= 0.6 is 11.6 Å². The monoisotopic (exact) mass is 387 g/mol. The number of ether oxygens (including phenoxy) is 3. The number of carbonyl (C=O) groups is 2. The summed E-state index contributed by atoms with van der Waals surface area (Å²) in [5, 5.41) is 23.0. The largest absolute Gasteiger partial charge is 0.456 e. The maximum absolute atomic E-state index is 11.5. The van der Waals surface area contributed by atoms with Crippen LogP contribution in [0.2, 0.25) is 0 Å². The summed E-state index contributed by atoms with van der Waals surface area (Å²) in [6.45, 7) is 1.47. The molecule has 1 aliphatic rings. The van der Waals surface area contributed by atoms with Crippen molar-refractivity contribution in [3.05, 3.63) is 35.9 Å². The fourth-order valence-corrected chi connectivity index (χ4v) is 2.71. The van der Waals surface area contributed by atoms with E-state index >= 15 is 0 Å². The molecule has 0 aliphatic carbocycles. The fourth-order valence-electron chi connectivity index (χ4n) is 2.65. The van der Waals surface area contributed by atoms with Gasteiger partial charge >= 0.3 is 5.97 Å². The first-order valence-electron chi connectivity index (χ1n) is 8.08. The average Bonchev–Trinajstić information content (AvgIpc) is 2.62. The Bertz CT molecular complexity index is 600. The molecule has 1 fully saturated rings. The molecule has 0 bridgehead atoms. The predicted molar refractivity (Wildman–Crippen MR) is 91.2 cm³/mol. The molecule has 0 unspecified atom stereocenters. The van der Waals surface area contributed by atoms with Crippen LogP contribution in [0.25, 0.3) is 0 Å². The molecule has 1 heterocycles. The Hall–Kier alpha value is -1.71. The van der Waals surface area contributed by atoms with Gasteiger partial charge in [0.25, 0.3) is 0 Å². The van der Waals surface area contributed by atoms with Gasteiger partial charge in [0.05, 0.1) is 13.2 Å². The van der Waals surface area contributed by atoms with Gasteiger partial charge in [-0.1, -0.05) is 30.3 Å². The minimum atomic E-state index is -1.49. The van der Waals surface area contributed by atoms with Crippen LogP contribution < -0.4 is 5.32 Å². The number of alkyl halides is 1. The van der Waals surface area contributed by atoms with Gasteiger partial charge in [0.2, 0.25) is 5.91 Å². The number of halogens is 1. The molecule has 0 radical (unpaired) electrons. The number of hydrogen-bond donors (Lipinski definition) is 3. The molecule has 1 aromatic rings. The number of benzene rings is 1. The third-order valence-corrected chi connectivity index (χ3v) is 4.05. The molecule has 0 saturated carbocycles. The van der Waals surface area contributed by atoms with Gasteiger partial charge in [-0.05, 0) is 5.56 Å². The Morgan fingerprint density at radius 2 is 1.96 bits per heavy atom. The zero-order chi connectivity index (χ0) is 19.1. The number of carbonyl (C=O) groups excluding carboxylic acids is 2. The van der Waals surface area contributed by atoms with Gasteiger partial charge in [-0.3, -0.25) is 9.59 Å². The number of nitrogens with one attached hydrogen (secondary N) is 1. The third-order valence-electron chi connectivity index (χ3n) is 3.83. The molecule has 8 nitrogen and oxygen atoms in total. The molecule has 5 atom stereocenters. The van der Waals surface area contributed by atoms with Gasteiger partial charge < -0.3 is 29.7 Å². The van der Waals surface area contributed by atoms with Gasteiger partial charge in [-0.15, -0.1) is 11.6 Å². The topological polar surface area (TPSA) is 114 Å². The first-order valence-corrected chi connectivity index (χ1v) is 8.61. The second-order valence-electron chi connectivity index (χ2n) is 5.87. The second-order valence-corrected chi connectivity index (χ2v) is 6.14. The van der Waals surface area contributed by atoms with Crippen molar-refractivity contribution in [2.24, 2.45) is 0 Å². The molecule has 3 N–H and O–H groups in total. The van der Waals surface area contributed by atoms with Crippen molar-refractivity contribution in [1.82, 2.24) is 5.32 Å².